The Morgan fingerprint density at radius 2 is 2.21 bits per heavy atom. The lowest BCUT2D eigenvalue weighted by atomic mass is 9.74. The number of hydrogen-bond acceptors (Lipinski definition) is 1. The fraction of sp³-hybridized carbons (Fsp3) is 0.769. The van der Waals surface area contributed by atoms with Gasteiger partial charge in [-0.1, -0.05) is 32.4 Å². The Kier molecular flexibility index (Phi) is 4.20. The summed E-state index contributed by atoms with van der Waals surface area (Å²) in [5, 5.41) is 8.56. The van der Waals surface area contributed by atoms with Crippen molar-refractivity contribution in [3.63, 3.8) is 0 Å². The Hall–Kier alpha value is -0.770. The van der Waals surface area contributed by atoms with Gasteiger partial charge in [0.2, 0.25) is 0 Å². The van der Waals surface area contributed by atoms with Crippen LogP contribution in [0.2, 0.25) is 0 Å². The molecule has 0 aliphatic heterocycles. The van der Waals surface area contributed by atoms with Gasteiger partial charge < -0.3 is 0 Å². The van der Waals surface area contributed by atoms with Gasteiger partial charge in [-0.2, -0.15) is 5.26 Å². The molecule has 1 aliphatic carbocycles. The van der Waals surface area contributed by atoms with Crippen molar-refractivity contribution >= 4 is 0 Å². The van der Waals surface area contributed by atoms with Crippen LogP contribution in [0.3, 0.4) is 0 Å². The molecule has 0 heterocycles. The Bertz CT molecular complexity index is 244. The average Bonchev–Trinajstić information content (AvgIpc) is 2.16. The van der Waals surface area contributed by atoms with Crippen molar-refractivity contribution in [2.24, 2.45) is 17.8 Å². The summed E-state index contributed by atoms with van der Waals surface area (Å²) in [6, 6.07) is 2.20. The largest absolute Gasteiger partial charge is 0.198 e. The van der Waals surface area contributed by atoms with Crippen LogP contribution in [0.5, 0.6) is 0 Å². The van der Waals surface area contributed by atoms with Gasteiger partial charge in [0, 0.05) is 0 Å². The first kappa shape index (κ1) is 11.3. The summed E-state index contributed by atoms with van der Waals surface area (Å²) in [5.74, 6) is 2.34. The van der Waals surface area contributed by atoms with E-state index in [1.165, 1.54) is 24.8 Å². The number of hydrogen-bond donors (Lipinski definition) is 0. The smallest absolute Gasteiger partial charge is 0.0663 e. The molecule has 0 amide bonds. The lowest BCUT2D eigenvalue weighted by Gasteiger charge is -2.31. The van der Waals surface area contributed by atoms with Crippen LogP contribution in [0.1, 0.15) is 46.5 Å². The van der Waals surface area contributed by atoms with Gasteiger partial charge in [0.05, 0.1) is 12.5 Å². The molecule has 0 saturated heterocycles. The molecule has 1 heteroatoms. The SMILES string of the molecule is CC(C)[C@H]1CC[C@H](C)C(=CCC#N)C1. The molecule has 2 atom stereocenters. The molecule has 0 spiro atoms. The molecule has 0 aromatic rings. The van der Waals surface area contributed by atoms with Crippen molar-refractivity contribution in [1.82, 2.24) is 0 Å². The first-order valence-electron chi connectivity index (χ1n) is 5.71. The molecule has 1 nitrogen and oxygen atoms in total. The van der Waals surface area contributed by atoms with E-state index < -0.39 is 0 Å². The van der Waals surface area contributed by atoms with Gasteiger partial charge in [0.1, 0.15) is 0 Å². The van der Waals surface area contributed by atoms with Gasteiger partial charge in [-0.15, -0.1) is 0 Å². The van der Waals surface area contributed by atoms with Crippen molar-refractivity contribution in [3.05, 3.63) is 11.6 Å². The second-order valence-electron chi connectivity index (χ2n) is 4.83. The fourth-order valence-corrected chi connectivity index (χ4v) is 2.29. The zero-order valence-corrected chi connectivity index (χ0v) is 9.59. The van der Waals surface area contributed by atoms with Crippen LogP contribution in [0, 0.1) is 29.1 Å². The van der Waals surface area contributed by atoms with E-state index in [9.17, 15) is 0 Å². The van der Waals surface area contributed by atoms with Crippen molar-refractivity contribution in [2.75, 3.05) is 0 Å². The summed E-state index contributed by atoms with van der Waals surface area (Å²) < 4.78 is 0. The second kappa shape index (κ2) is 5.20. The molecular weight excluding hydrogens is 170 g/mol. The van der Waals surface area contributed by atoms with Crippen LogP contribution in [0.25, 0.3) is 0 Å². The minimum absolute atomic E-state index is 0.588. The van der Waals surface area contributed by atoms with Gasteiger partial charge in [0.25, 0.3) is 0 Å². The summed E-state index contributed by atoms with van der Waals surface area (Å²) in [7, 11) is 0. The van der Waals surface area contributed by atoms with Crippen LogP contribution in [-0.2, 0) is 0 Å². The number of allylic oxidation sites excluding steroid dienone is 2. The van der Waals surface area contributed by atoms with Crippen LogP contribution in [0.4, 0.5) is 0 Å². The van der Waals surface area contributed by atoms with E-state index in [-0.39, 0.29) is 0 Å². The van der Waals surface area contributed by atoms with E-state index in [0.29, 0.717) is 12.3 Å². The Labute approximate surface area is 87.8 Å². The summed E-state index contributed by atoms with van der Waals surface area (Å²) in [5.41, 5.74) is 1.52. The third-order valence-electron chi connectivity index (χ3n) is 3.50. The summed E-state index contributed by atoms with van der Waals surface area (Å²) in [6.07, 6.45) is 6.63. The van der Waals surface area contributed by atoms with E-state index in [1.807, 2.05) is 0 Å². The average molecular weight is 191 g/mol. The van der Waals surface area contributed by atoms with E-state index in [0.717, 1.165) is 11.8 Å². The third-order valence-corrected chi connectivity index (χ3v) is 3.50. The molecule has 14 heavy (non-hydrogen) atoms. The number of rotatable bonds is 2. The molecule has 1 aliphatic rings. The quantitative estimate of drug-likeness (QED) is 0.607. The normalized spacial score (nSPS) is 30.6. The van der Waals surface area contributed by atoms with Crippen molar-refractivity contribution in [2.45, 2.75) is 46.5 Å². The van der Waals surface area contributed by atoms with E-state index in [1.54, 1.807) is 0 Å². The highest BCUT2D eigenvalue weighted by atomic mass is 14.3. The predicted molar refractivity (Wildman–Crippen MR) is 59.7 cm³/mol. The molecule has 1 fully saturated rings. The molecule has 0 aromatic carbocycles. The maximum Gasteiger partial charge on any atom is 0.0663 e. The van der Waals surface area contributed by atoms with E-state index in [4.69, 9.17) is 5.26 Å². The minimum Gasteiger partial charge on any atom is -0.198 e. The lowest BCUT2D eigenvalue weighted by Crippen LogP contribution is -2.19. The van der Waals surface area contributed by atoms with Crippen LogP contribution in [0.15, 0.2) is 11.6 Å². The lowest BCUT2D eigenvalue weighted by molar-refractivity contribution is 0.287. The van der Waals surface area contributed by atoms with Gasteiger partial charge in [0.15, 0.2) is 0 Å². The zero-order valence-electron chi connectivity index (χ0n) is 9.59. The van der Waals surface area contributed by atoms with Crippen molar-refractivity contribution < 1.29 is 0 Å². The molecule has 0 bridgehead atoms. The number of nitrogens with zero attached hydrogens (tertiary/aromatic N) is 1. The van der Waals surface area contributed by atoms with Crippen LogP contribution < -0.4 is 0 Å². The third kappa shape index (κ3) is 2.87. The maximum atomic E-state index is 8.56. The maximum absolute atomic E-state index is 8.56. The molecule has 0 N–H and O–H groups in total. The molecule has 0 radical (unpaired) electrons. The Morgan fingerprint density at radius 1 is 1.50 bits per heavy atom. The second-order valence-corrected chi connectivity index (χ2v) is 4.83. The molecule has 78 valence electrons. The standard InChI is InChI=1S/C13H21N/c1-10(2)12-7-6-11(3)13(9-12)5-4-8-14/h5,10-12H,4,6-7,9H2,1-3H3/t11-,12-/m0/s1. The Morgan fingerprint density at radius 3 is 2.79 bits per heavy atom. The van der Waals surface area contributed by atoms with Gasteiger partial charge in [-0.25, -0.2) is 0 Å². The predicted octanol–water partition coefficient (Wildman–Crippen LogP) is 3.92. The van der Waals surface area contributed by atoms with E-state index >= 15 is 0 Å². The summed E-state index contributed by atoms with van der Waals surface area (Å²) in [6.45, 7) is 6.91. The van der Waals surface area contributed by atoms with Crippen molar-refractivity contribution in [3.8, 4) is 6.07 Å². The highest BCUT2D eigenvalue weighted by molar-refractivity contribution is 5.12. The molecule has 1 saturated carbocycles. The van der Waals surface area contributed by atoms with Gasteiger partial charge >= 0.3 is 0 Å². The zero-order chi connectivity index (χ0) is 10.6. The first-order valence-corrected chi connectivity index (χ1v) is 5.71. The number of nitriles is 1. The van der Waals surface area contributed by atoms with Crippen molar-refractivity contribution in [1.29, 1.82) is 5.26 Å². The highest BCUT2D eigenvalue weighted by Gasteiger charge is 2.24. The summed E-state index contributed by atoms with van der Waals surface area (Å²) >= 11 is 0. The molecular formula is C13H21N. The van der Waals surface area contributed by atoms with E-state index in [2.05, 4.69) is 32.9 Å². The highest BCUT2D eigenvalue weighted by Crippen LogP contribution is 2.36. The van der Waals surface area contributed by atoms with Gasteiger partial charge in [-0.05, 0) is 37.0 Å². The van der Waals surface area contributed by atoms with Gasteiger partial charge in [-0.3, -0.25) is 0 Å². The first-order chi connectivity index (χ1) is 6.65. The fourth-order valence-electron chi connectivity index (χ4n) is 2.29. The topological polar surface area (TPSA) is 23.8 Å². The Balaban J connectivity index is 2.60. The van der Waals surface area contributed by atoms with Crippen LogP contribution >= 0.6 is 0 Å². The van der Waals surface area contributed by atoms with Crippen LogP contribution in [-0.4, -0.2) is 0 Å². The molecule has 0 aromatic heterocycles. The minimum atomic E-state index is 0.588. The molecule has 1 rings (SSSR count). The summed E-state index contributed by atoms with van der Waals surface area (Å²) in [4.78, 5) is 0. The molecule has 0 unspecified atom stereocenters. The monoisotopic (exact) mass is 191 g/mol.